The van der Waals surface area contributed by atoms with Gasteiger partial charge in [0.1, 0.15) is 0 Å². The van der Waals surface area contributed by atoms with Crippen LogP contribution in [0.15, 0.2) is 12.2 Å². The maximum absolute atomic E-state index is 10.2. The molecule has 6 atom stereocenters. The molecule has 2 heteroatoms. The van der Waals surface area contributed by atoms with Crippen LogP contribution in [0.4, 0.5) is 0 Å². The average Bonchev–Trinajstić information content (AvgIpc) is 2.55. The van der Waals surface area contributed by atoms with Gasteiger partial charge in [0.2, 0.25) is 0 Å². The van der Waals surface area contributed by atoms with Gasteiger partial charge in [-0.2, -0.15) is 0 Å². The predicted molar refractivity (Wildman–Crippen MR) is 49.0 cm³/mol. The highest BCUT2D eigenvalue weighted by molar-refractivity contribution is 5.21. The fraction of sp³-hybridized carbons (Fsp3) is 0.818. The first-order chi connectivity index (χ1) is 6.09. The molecule has 3 aliphatic rings. The first-order valence-electron chi connectivity index (χ1n) is 5.18. The molecule has 0 heterocycles. The topological polar surface area (TPSA) is 40.5 Å². The van der Waals surface area contributed by atoms with Gasteiger partial charge in [0.05, 0.1) is 11.7 Å². The van der Waals surface area contributed by atoms with E-state index in [1.165, 1.54) is 0 Å². The van der Waals surface area contributed by atoms with E-state index < -0.39 is 5.60 Å². The van der Waals surface area contributed by atoms with Crippen molar-refractivity contribution in [2.45, 2.75) is 31.5 Å². The van der Waals surface area contributed by atoms with Gasteiger partial charge in [0.25, 0.3) is 0 Å². The number of rotatable bonds is 0. The normalized spacial score (nSPS) is 63.2. The predicted octanol–water partition coefficient (Wildman–Crippen LogP) is 0.940. The van der Waals surface area contributed by atoms with E-state index in [1.54, 1.807) is 0 Å². The van der Waals surface area contributed by atoms with Gasteiger partial charge in [0, 0.05) is 5.92 Å². The Labute approximate surface area is 78.3 Å². The average molecular weight is 180 g/mol. The largest absolute Gasteiger partial charge is 0.393 e. The maximum atomic E-state index is 10.2. The molecule has 3 aliphatic carbocycles. The standard InChI is InChI=1S/C11H16O2/c1-11(13)5-7-3-2-6-4-8(12)10(11)9(6)7/h2-3,6-10,12-13H,4-5H2,1H3/t6-,7+,8+,9-,10-,11+/m0/s1. The van der Waals surface area contributed by atoms with Crippen LogP contribution in [0, 0.1) is 23.7 Å². The summed E-state index contributed by atoms with van der Waals surface area (Å²) in [7, 11) is 0. The van der Waals surface area contributed by atoms with Crippen LogP contribution in [0.1, 0.15) is 19.8 Å². The molecule has 2 saturated carbocycles. The fourth-order valence-electron chi connectivity index (χ4n) is 3.96. The fourth-order valence-corrected chi connectivity index (χ4v) is 3.96. The smallest absolute Gasteiger partial charge is 0.0681 e. The zero-order chi connectivity index (χ0) is 9.22. The minimum Gasteiger partial charge on any atom is -0.393 e. The molecule has 0 amide bonds. The van der Waals surface area contributed by atoms with Crippen molar-refractivity contribution in [3.8, 4) is 0 Å². The lowest BCUT2D eigenvalue weighted by atomic mass is 9.86. The first-order valence-corrected chi connectivity index (χ1v) is 5.18. The molecule has 0 unspecified atom stereocenters. The van der Waals surface area contributed by atoms with E-state index in [0.29, 0.717) is 17.8 Å². The summed E-state index contributed by atoms with van der Waals surface area (Å²) in [6.45, 7) is 1.88. The molecule has 13 heavy (non-hydrogen) atoms. The van der Waals surface area contributed by atoms with E-state index in [1.807, 2.05) is 6.92 Å². The van der Waals surface area contributed by atoms with Gasteiger partial charge in [0.15, 0.2) is 0 Å². The van der Waals surface area contributed by atoms with Gasteiger partial charge in [-0.15, -0.1) is 0 Å². The number of allylic oxidation sites excluding steroid dienone is 2. The molecule has 3 rings (SSSR count). The number of hydrogen-bond acceptors (Lipinski definition) is 2. The Kier molecular flexibility index (Phi) is 1.34. The third-order valence-electron chi connectivity index (χ3n) is 4.30. The molecule has 0 saturated heterocycles. The molecule has 0 spiro atoms. The molecule has 0 aliphatic heterocycles. The van der Waals surface area contributed by atoms with Crippen molar-refractivity contribution in [3.05, 3.63) is 12.2 Å². The quantitative estimate of drug-likeness (QED) is 0.545. The lowest BCUT2D eigenvalue weighted by molar-refractivity contribution is -0.0338. The van der Waals surface area contributed by atoms with Crippen LogP contribution in [0.25, 0.3) is 0 Å². The summed E-state index contributed by atoms with van der Waals surface area (Å²) in [5.74, 6) is 1.73. The number of aliphatic hydroxyl groups excluding tert-OH is 1. The van der Waals surface area contributed by atoms with Crippen molar-refractivity contribution < 1.29 is 10.2 Å². The minimum absolute atomic E-state index is 0.123. The van der Waals surface area contributed by atoms with Crippen molar-refractivity contribution in [1.82, 2.24) is 0 Å². The summed E-state index contributed by atoms with van der Waals surface area (Å²) in [5.41, 5.74) is -0.631. The highest BCUT2D eigenvalue weighted by atomic mass is 16.3. The van der Waals surface area contributed by atoms with Crippen LogP contribution in [0.3, 0.4) is 0 Å². The Morgan fingerprint density at radius 3 is 2.77 bits per heavy atom. The van der Waals surface area contributed by atoms with Gasteiger partial charge in [-0.3, -0.25) is 0 Å². The van der Waals surface area contributed by atoms with Gasteiger partial charge in [-0.05, 0) is 37.5 Å². The second kappa shape index (κ2) is 2.18. The molecule has 0 aromatic rings. The summed E-state index contributed by atoms with van der Waals surface area (Å²) in [6, 6.07) is 0. The van der Waals surface area contributed by atoms with Crippen LogP contribution in [-0.4, -0.2) is 21.9 Å². The molecule has 2 nitrogen and oxygen atoms in total. The molecule has 0 radical (unpaired) electrons. The van der Waals surface area contributed by atoms with E-state index in [9.17, 15) is 10.2 Å². The van der Waals surface area contributed by atoms with Crippen molar-refractivity contribution in [1.29, 1.82) is 0 Å². The summed E-state index contributed by atoms with van der Waals surface area (Å²) < 4.78 is 0. The van der Waals surface area contributed by atoms with E-state index >= 15 is 0 Å². The minimum atomic E-state index is -0.631. The van der Waals surface area contributed by atoms with E-state index in [0.717, 1.165) is 12.8 Å². The Morgan fingerprint density at radius 2 is 2.00 bits per heavy atom. The summed E-state index contributed by atoms with van der Waals surface area (Å²) in [4.78, 5) is 0. The Balaban J connectivity index is 2.03. The second-order valence-corrected chi connectivity index (χ2v) is 5.18. The molecule has 0 aromatic carbocycles. The van der Waals surface area contributed by atoms with E-state index in [4.69, 9.17) is 0 Å². The zero-order valence-electron chi connectivity index (χ0n) is 7.85. The third kappa shape index (κ3) is 0.856. The number of hydrogen-bond donors (Lipinski definition) is 2. The van der Waals surface area contributed by atoms with Gasteiger partial charge in [-0.1, -0.05) is 12.2 Å². The van der Waals surface area contributed by atoms with Gasteiger partial charge >= 0.3 is 0 Å². The summed E-state index contributed by atoms with van der Waals surface area (Å²) in [5, 5.41) is 20.0. The second-order valence-electron chi connectivity index (χ2n) is 5.18. The highest BCUT2D eigenvalue weighted by Crippen LogP contribution is 2.58. The van der Waals surface area contributed by atoms with E-state index in [2.05, 4.69) is 12.2 Å². The van der Waals surface area contributed by atoms with Crippen LogP contribution in [0.2, 0.25) is 0 Å². The Hall–Kier alpha value is -0.340. The van der Waals surface area contributed by atoms with E-state index in [-0.39, 0.29) is 12.0 Å². The molecule has 0 bridgehead atoms. The van der Waals surface area contributed by atoms with Gasteiger partial charge in [-0.25, -0.2) is 0 Å². The summed E-state index contributed by atoms with van der Waals surface area (Å²) >= 11 is 0. The first kappa shape index (κ1) is 8.01. The molecule has 0 aromatic heterocycles. The molecule has 2 N–H and O–H groups in total. The monoisotopic (exact) mass is 180 g/mol. The van der Waals surface area contributed by atoms with Crippen molar-refractivity contribution in [2.24, 2.45) is 23.7 Å². The maximum Gasteiger partial charge on any atom is 0.0681 e. The van der Waals surface area contributed by atoms with Crippen molar-refractivity contribution >= 4 is 0 Å². The SMILES string of the molecule is C[C@@]1(O)C[C@H]2C=C[C@H]3C[C@@H](O)[C@H]1[C@H]23. The Bertz CT molecular complexity index is 269. The molecule has 2 fully saturated rings. The van der Waals surface area contributed by atoms with Crippen LogP contribution in [-0.2, 0) is 0 Å². The lowest BCUT2D eigenvalue weighted by Crippen LogP contribution is -2.36. The van der Waals surface area contributed by atoms with Crippen LogP contribution < -0.4 is 0 Å². The third-order valence-corrected chi connectivity index (χ3v) is 4.30. The van der Waals surface area contributed by atoms with Crippen LogP contribution >= 0.6 is 0 Å². The summed E-state index contributed by atoms with van der Waals surface area (Å²) in [6.07, 6.45) is 5.91. The molecule has 72 valence electrons. The lowest BCUT2D eigenvalue weighted by Gasteiger charge is -2.27. The molecular weight excluding hydrogens is 164 g/mol. The Morgan fingerprint density at radius 1 is 1.31 bits per heavy atom. The van der Waals surface area contributed by atoms with Crippen LogP contribution in [0.5, 0.6) is 0 Å². The van der Waals surface area contributed by atoms with Gasteiger partial charge < -0.3 is 10.2 Å². The molecular formula is C11H16O2. The zero-order valence-corrected chi connectivity index (χ0v) is 7.85. The highest BCUT2D eigenvalue weighted by Gasteiger charge is 2.59. The van der Waals surface area contributed by atoms with Crippen molar-refractivity contribution in [2.75, 3.05) is 0 Å². The van der Waals surface area contributed by atoms with Crippen molar-refractivity contribution in [3.63, 3.8) is 0 Å². The number of aliphatic hydroxyl groups is 2.